The van der Waals surface area contributed by atoms with Crippen LogP contribution in [0.15, 0.2) is 48.1 Å². The number of aromatic nitrogens is 4. The number of nitrogen functional groups attached to an aromatic ring is 1. The van der Waals surface area contributed by atoms with Gasteiger partial charge in [-0.05, 0) is 30.2 Å². The highest BCUT2D eigenvalue weighted by molar-refractivity contribution is 7.17. The SMILES string of the molecule is COc1cc(CCN(C)C(=O)c2csc3nc(-c4ccccn4)nc(N)c23)ccn1. The van der Waals surface area contributed by atoms with E-state index in [9.17, 15) is 4.79 Å². The number of hydrogen-bond donors (Lipinski definition) is 1. The van der Waals surface area contributed by atoms with Crippen molar-refractivity contribution in [1.82, 2.24) is 24.8 Å². The Bertz CT molecular complexity index is 1190. The molecule has 4 aromatic heterocycles. The summed E-state index contributed by atoms with van der Waals surface area (Å²) in [6, 6.07) is 9.28. The Labute approximate surface area is 177 Å². The molecule has 0 aliphatic carbocycles. The molecule has 1 amide bonds. The molecular weight excluding hydrogens is 400 g/mol. The van der Waals surface area contributed by atoms with Crippen LogP contribution in [0.3, 0.4) is 0 Å². The van der Waals surface area contributed by atoms with Gasteiger partial charge < -0.3 is 15.4 Å². The van der Waals surface area contributed by atoms with Crippen molar-refractivity contribution in [1.29, 1.82) is 0 Å². The number of rotatable bonds is 6. The van der Waals surface area contributed by atoms with E-state index in [4.69, 9.17) is 10.5 Å². The van der Waals surface area contributed by atoms with Gasteiger partial charge in [-0.15, -0.1) is 11.3 Å². The highest BCUT2D eigenvalue weighted by Crippen LogP contribution is 2.31. The molecule has 4 heterocycles. The van der Waals surface area contributed by atoms with Crippen molar-refractivity contribution in [3.63, 3.8) is 0 Å². The smallest absolute Gasteiger partial charge is 0.255 e. The zero-order chi connectivity index (χ0) is 21.1. The second-order valence-corrected chi connectivity index (χ2v) is 7.52. The summed E-state index contributed by atoms with van der Waals surface area (Å²) in [6.45, 7) is 0.538. The zero-order valence-corrected chi connectivity index (χ0v) is 17.4. The molecule has 0 atom stereocenters. The van der Waals surface area contributed by atoms with Crippen molar-refractivity contribution in [2.24, 2.45) is 0 Å². The average molecular weight is 420 g/mol. The molecular formula is C21H20N6O2S. The van der Waals surface area contributed by atoms with Crippen LogP contribution in [0.2, 0.25) is 0 Å². The normalized spacial score (nSPS) is 10.9. The van der Waals surface area contributed by atoms with Crippen LogP contribution in [0.1, 0.15) is 15.9 Å². The fraction of sp³-hybridized carbons (Fsp3) is 0.190. The standard InChI is InChI=1S/C21H20N6O2S/c1-27(10-7-13-6-9-24-16(11-13)29-2)21(28)14-12-30-20-17(14)18(22)25-19(26-20)15-5-3-4-8-23-15/h3-6,8-9,11-12H,7,10H2,1-2H3,(H2,22,25,26). The summed E-state index contributed by atoms with van der Waals surface area (Å²) in [5.41, 5.74) is 8.40. The molecule has 4 rings (SSSR count). The number of methoxy groups -OCH3 is 1. The number of likely N-dealkylation sites (N-methyl/N-ethyl adjacent to an activating group) is 1. The van der Waals surface area contributed by atoms with Gasteiger partial charge >= 0.3 is 0 Å². The van der Waals surface area contributed by atoms with E-state index in [0.29, 0.717) is 46.1 Å². The maximum Gasteiger partial charge on any atom is 0.255 e. The number of thiophene rings is 1. The molecule has 0 bridgehead atoms. The molecule has 4 aromatic rings. The first kappa shape index (κ1) is 19.7. The van der Waals surface area contributed by atoms with E-state index in [0.717, 1.165) is 5.56 Å². The summed E-state index contributed by atoms with van der Waals surface area (Å²) >= 11 is 1.37. The minimum absolute atomic E-state index is 0.122. The third-order valence-corrected chi connectivity index (χ3v) is 5.55. The van der Waals surface area contributed by atoms with Gasteiger partial charge in [-0.1, -0.05) is 6.07 Å². The van der Waals surface area contributed by atoms with Gasteiger partial charge in [0.1, 0.15) is 16.3 Å². The second kappa shape index (κ2) is 8.42. The first-order valence-corrected chi connectivity index (χ1v) is 10.2. The van der Waals surface area contributed by atoms with Gasteiger partial charge in [0.25, 0.3) is 5.91 Å². The van der Waals surface area contributed by atoms with Crippen LogP contribution in [-0.4, -0.2) is 51.4 Å². The van der Waals surface area contributed by atoms with Gasteiger partial charge in [-0.25, -0.2) is 15.0 Å². The highest BCUT2D eigenvalue weighted by atomic mass is 32.1. The average Bonchev–Trinajstić information content (AvgIpc) is 3.22. The summed E-state index contributed by atoms with van der Waals surface area (Å²) in [6.07, 6.45) is 4.05. The summed E-state index contributed by atoms with van der Waals surface area (Å²) in [4.78, 5) is 32.7. The van der Waals surface area contributed by atoms with Gasteiger partial charge in [0.05, 0.1) is 18.1 Å². The number of nitrogens with two attached hydrogens (primary N) is 1. The Balaban J connectivity index is 1.55. The highest BCUT2D eigenvalue weighted by Gasteiger charge is 2.21. The minimum atomic E-state index is -0.122. The van der Waals surface area contributed by atoms with E-state index < -0.39 is 0 Å². The van der Waals surface area contributed by atoms with E-state index in [2.05, 4.69) is 19.9 Å². The van der Waals surface area contributed by atoms with E-state index in [1.54, 1.807) is 36.8 Å². The van der Waals surface area contributed by atoms with Gasteiger partial charge in [0.2, 0.25) is 5.88 Å². The van der Waals surface area contributed by atoms with Crippen LogP contribution >= 0.6 is 11.3 Å². The summed E-state index contributed by atoms with van der Waals surface area (Å²) in [5, 5.41) is 2.37. The Hall–Kier alpha value is -3.59. The molecule has 0 unspecified atom stereocenters. The molecule has 0 spiro atoms. The summed E-state index contributed by atoms with van der Waals surface area (Å²) in [7, 11) is 3.35. The topological polar surface area (TPSA) is 107 Å². The Morgan fingerprint density at radius 1 is 1.20 bits per heavy atom. The van der Waals surface area contributed by atoms with Crippen molar-refractivity contribution < 1.29 is 9.53 Å². The van der Waals surface area contributed by atoms with Gasteiger partial charge in [-0.2, -0.15) is 0 Å². The number of pyridine rings is 2. The third-order valence-electron chi connectivity index (χ3n) is 4.68. The number of ether oxygens (including phenoxy) is 1. The number of hydrogen-bond acceptors (Lipinski definition) is 8. The number of nitrogens with zero attached hydrogens (tertiary/aromatic N) is 5. The first-order chi connectivity index (χ1) is 14.6. The van der Waals surface area contributed by atoms with Gasteiger partial charge in [0.15, 0.2) is 5.82 Å². The molecule has 8 nitrogen and oxygen atoms in total. The Morgan fingerprint density at radius 2 is 2.07 bits per heavy atom. The minimum Gasteiger partial charge on any atom is -0.481 e. The van der Waals surface area contributed by atoms with Crippen molar-refractivity contribution in [2.45, 2.75) is 6.42 Å². The second-order valence-electron chi connectivity index (χ2n) is 6.66. The molecule has 0 saturated heterocycles. The number of fused-ring (bicyclic) bond motifs is 1. The fourth-order valence-electron chi connectivity index (χ4n) is 3.06. The van der Waals surface area contributed by atoms with Crippen LogP contribution in [0.5, 0.6) is 5.88 Å². The molecule has 2 N–H and O–H groups in total. The lowest BCUT2D eigenvalue weighted by atomic mass is 10.1. The predicted molar refractivity (Wildman–Crippen MR) is 117 cm³/mol. The molecule has 9 heteroatoms. The molecule has 0 aliphatic heterocycles. The molecule has 30 heavy (non-hydrogen) atoms. The number of carbonyl (C=O) groups excluding carboxylic acids is 1. The number of anilines is 1. The quantitative estimate of drug-likeness (QED) is 0.511. The molecule has 0 aliphatic rings. The molecule has 0 saturated carbocycles. The van der Waals surface area contributed by atoms with Crippen LogP contribution in [0.25, 0.3) is 21.7 Å². The Kier molecular flexibility index (Phi) is 5.53. The molecule has 0 fully saturated rings. The van der Waals surface area contributed by atoms with Crippen LogP contribution in [-0.2, 0) is 6.42 Å². The van der Waals surface area contributed by atoms with E-state index in [1.165, 1.54) is 11.3 Å². The van der Waals surface area contributed by atoms with E-state index in [-0.39, 0.29) is 11.7 Å². The van der Waals surface area contributed by atoms with Gasteiger partial charge in [0, 0.05) is 37.4 Å². The van der Waals surface area contributed by atoms with Crippen molar-refractivity contribution >= 4 is 33.3 Å². The first-order valence-electron chi connectivity index (χ1n) is 9.27. The lowest BCUT2D eigenvalue weighted by Crippen LogP contribution is -2.28. The van der Waals surface area contributed by atoms with Crippen LogP contribution < -0.4 is 10.5 Å². The van der Waals surface area contributed by atoms with E-state index >= 15 is 0 Å². The Morgan fingerprint density at radius 3 is 2.83 bits per heavy atom. The van der Waals surface area contributed by atoms with Gasteiger partial charge in [-0.3, -0.25) is 9.78 Å². The molecule has 152 valence electrons. The largest absolute Gasteiger partial charge is 0.481 e. The predicted octanol–water partition coefficient (Wildman–Crippen LogP) is 3.05. The van der Waals surface area contributed by atoms with Crippen molar-refractivity contribution in [3.8, 4) is 17.4 Å². The third kappa shape index (κ3) is 3.92. The van der Waals surface area contributed by atoms with Crippen LogP contribution in [0.4, 0.5) is 5.82 Å². The maximum atomic E-state index is 13.0. The summed E-state index contributed by atoms with van der Waals surface area (Å²) in [5.74, 6) is 1.15. The number of carbonyl (C=O) groups is 1. The lowest BCUT2D eigenvalue weighted by Gasteiger charge is -2.17. The van der Waals surface area contributed by atoms with E-state index in [1.807, 2.05) is 30.3 Å². The monoisotopic (exact) mass is 420 g/mol. The van der Waals surface area contributed by atoms with Crippen molar-refractivity contribution in [2.75, 3.05) is 26.4 Å². The van der Waals surface area contributed by atoms with Crippen molar-refractivity contribution in [3.05, 3.63) is 59.2 Å². The fourth-order valence-corrected chi connectivity index (χ4v) is 3.98. The lowest BCUT2D eigenvalue weighted by molar-refractivity contribution is 0.0799. The maximum absolute atomic E-state index is 13.0. The number of amides is 1. The molecule has 0 radical (unpaired) electrons. The zero-order valence-electron chi connectivity index (χ0n) is 16.6. The molecule has 0 aromatic carbocycles. The van der Waals surface area contributed by atoms with Crippen LogP contribution in [0, 0.1) is 0 Å². The summed E-state index contributed by atoms with van der Waals surface area (Å²) < 4.78 is 5.15.